The number of aryl methyl sites for hydroxylation is 1. The minimum atomic E-state index is -0.887. The summed E-state index contributed by atoms with van der Waals surface area (Å²) in [6.45, 7) is 3.82. The Morgan fingerprint density at radius 3 is 2.35 bits per heavy atom. The van der Waals surface area contributed by atoms with E-state index < -0.39 is 23.9 Å². The van der Waals surface area contributed by atoms with Crippen molar-refractivity contribution in [3.8, 4) is 0 Å². The van der Waals surface area contributed by atoms with Crippen molar-refractivity contribution in [3.05, 3.63) is 64.2 Å². The summed E-state index contributed by atoms with van der Waals surface area (Å²) in [5.41, 5.74) is 9.58. The molecule has 1 aliphatic carbocycles. The van der Waals surface area contributed by atoms with Gasteiger partial charge in [-0.1, -0.05) is 42.3 Å². The minimum absolute atomic E-state index is 0.00180. The van der Waals surface area contributed by atoms with E-state index in [0.717, 1.165) is 42.6 Å². The van der Waals surface area contributed by atoms with Gasteiger partial charge in [-0.3, -0.25) is 19.2 Å². The fraction of sp³-hybridized carbons (Fsp3) is 0.515. The Kier molecular flexibility index (Phi) is 9.72. The molecule has 1 saturated carbocycles. The van der Waals surface area contributed by atoms with Crippen LogP contribution >= 0.6 is 11.6 Å². The SMILES string of the molecule is Cc1cc(NC(=O)[C@H](CCN)NC(=O)[C@@H]2Cc3ccccc3CN2C(=O)CCC(=O)N2CCC3(CCC3)CC2)ccc1Cl. The number of nitrogens with one attached hydrogen (secondary N) is 2. The summed E-state index contributed by atoms with van der Waals surface area (Å²) < 4.78 is 0. The second-order valence-electron chi connectivity index (χ2n) is 12.3. The summed E-state index contributed by atoms with van der Waals surface area (Å²) in [6.07, 6.45) is 6.63. The van der Waals surface area contributed by atoms with Crippen LogP contribution in [0.2, 0.25) is 5.02 Å². The molecule has 2 aliphatic heterocycles. The van der Waals surface area contributed by atoms with Crippen LogP contribution in [0.5, 0.6) is 0 Å². The number of carbonyl (C=O) groups excluding carboxylic acids is 4. The van der Waals surface area contributed by atoms with Gasteiger partial charge in [0.15, 0.2) is 0 Å². The Morgan fingerprint density at radius 2 is 1.70 bits per heavy atom. The van der Waals surface area contributed by atoms with Gasteiger partial charge in [0.1, 0.15) is 12.1 Å². The molecule has 2 aromatic rings. The van der Waals surface area contributed by atoms with Crippen molar-refractivity contribution in [1.29, 1.82) is 0 Å². The molecule has 0 aromatic heterocycles. The molecule has 1 saturated heterocycles. The van der Waals surface area contributed by atoms with Gasteiger partial charge in [0.05, 0.1) is 0 Å². The van der Waals surface area contributed by atoms with Crippen LogP contribution in [0.4, 0.5) is 5.69 Å². The zero-order valence-electron chi connectivity index (χ0n) is 24.9. The minimum Gasteiger partial charge on any atom is -0.343 e. The van der Waals surface area contributed by atoms with E-state index in [1.807, 2.05) is 36.1 Å². The van der Waals surface area contributed by atoms with E-state index >= 15 is 0 Å². The molecule has 0 radical (unpaired) electrons. The van der Waals surface area contributed by atoms with Crippen LogP contribution in [0.15, 0.2) is 42.5 Å². The maximum Gasteiger partial charge on any atom is 0.246 e. The number of rotatable bonds is 9. The molecular weight excluding hydrogens is 566 g/mol. The average Bonchev–Trinajstić information content (AvgIpc) is 2.99. The normalized spacial score (nSPS) is 19.7. The van der Waals surface area contributed by atoms with E-state index in [-0.39, 0.29) is 44.2 Å². The standard InChI is InChI=1S/C33H42ClN5O4/c1-22-19-25(7-8-26(22)34)36-31(42)27(11-16-35)37-32(43)28-20-23-5-2-3-6-24(23)21-39(28)30(41)10-9-29(40)38-17-14-33(15-18-38)12-4-13-33/h2-3,5-8,19,27-28H,4,9-18,20-21,35H2,1H3,(H,36,42)(H,37,43)/t27-,28-/m0/s1. The third-order valence-electron chi connectivity index (χ3n) is 9.53. The molecule has 10 heteroatoms. The number of hydrogen-bond donors (Lipinski definition) is 3. The Hall–Kier alpha value is -3.43. The number of halogens is 1. The number of fused-ring (bicyclic) bond motifs is 1. The Morgan fingerprint density at radius 1 is 1.00 bits per heavy atom. The predicted molar refractivity (Wildman–Crippen MR) is 166 cm³/mol. The number of benzene rings is 2. The molecule has 2 atom stereocenters. The van der Waals surface area contributed by atoms with Crippen LogP contribution in [0.25, 0.3) is 0 Å². The molecule has 2 fully saturated rings. The van der Waals surface area contributed by atoms with Crippen molar-refractivity contribution in [1.82, 2.24) is 15.1 Å². The predicted octanol–water partition coefficient (Wildman–Crippen LogP) is 3.95. The first-order chi connectivity index (χ1) is 20.7. The number of likely N-dealkylation sites (tertiary alicyclic amines) is 1. The summed E-state index contributed by atoms with van der Waals surface area (Å²) >= 11 is 6.12. The second-order valence-corrected chi connectivity index (χ2v) is 12.7. The lowest BCUT2D eigenvalue weighted by Gasteiger charge is -2.48. The highest BCUT2D eigenvalue weighted by Gasteiger charge is 2.41. The second kappa shape index (κ2) is 13.5. The molecular formula is C33H42ClN5O4. The molecule has 5 rings (SSSR count). The quantitative estimate of drug-likeness (QED) is 0.398. The first-order valence-electron chi connectivity index (χ1n) is 15.4. The van der Waals surface area contributed by atoms with Gasteiger partial charge in [0.25, 0.3) is 0 Å². The molecule has 4 N–H and O–H groups in total. The van der Waals surface area contributed by atoms with Gasteiger partial charge in [-0.15, -0.1) is 0 Å². The summed E-state index contributed by atoms with van der Waals surface area (Å²) in [5.74, 6) is -1.06. The highest BCUT2D eigenvalue weighted by molar-refractivity contribution is 6.31. The van der Waals surface area contributed by atoms with Crippen LogP contribution in [0.1, 0.15) is 68.1 Å². The molecule has 3 aliphatic rings. The number of nitrogens with two attached hydrogens (primary N) is 1. The number of nitrogens with zero attached hydrogens (tertiary/aromatic N) is 2. The molecule has 43 heavy (non-hydrogen) atoms. The first-order valence-corrected chi connectivity index (χ1v) is 15.8. The van der Waals surface area contributed by atoms with Crippen molar-refractivity contribution < 1.29 is 19.2 Å². The highest BCUT2D eigenvalue weighted by atomic mass is 35.5. The maximum atomic E-state index is 13.7. The molecule has 4 amide bonds. The van der Waals surface area contributed by atoms with Crippen LogP contribution in [-0.4, -0.2) is 65.1 Å². The van der Waals surface area contributed by atoms with E-state index in [2.05, 4.69) is 10.6 Å². The molecule has 2 aromatic carbocycles. The lowest BCUT2D eigenvalue weighted by Crippen LogP contribution is -2.56. The van der Waals surface area contributed by atoms with Crippen LogP contribution < -0.4 is 16.4 Å². The third kappa shape index (κ3) is 7.21. The smallest absolute Gasteiger partial charge is 0.246 e. The molecule has 9 nitrogen and oxygen atoms in total. The van der Waals surface area contributed by atoms with E-state index in [1.165, 1.54) is 19.3 Å². The van der Waals surface area contributed by atoms with Crippen molar-refractivity contribution in [2.24, 2.45) is 11.1 Å². The number of piperidine rings is 1. The molecule has 2 heterocycles. The van der Waals surface area contributed by atoms with Crippen LogP contribution in [0, 0.1) is 12.3 Å². The largest absolute Gasteiger partial charge is 0.343 e. The molecule has 0 bridgehead atoms. The lowest BCUT2D eigenvalue weighted by molar-refractivity contribution is -0.144. The van der Waals surface area contributed by atoms with Crippen molar-refractivity contribution in [3.63, 3.8) is 0 Å². The highest BCUT2D eigenvalue weighted by Crippen LogP contribution is 2.48. The zero-order chi connectivity index (χ0) is 30.6. The van der Waals surface area contributed by atoms with E-state index in [0.29, 0.717) is 22.5 Å². The monoisotopic (exact) mass is 607 g/mol. The third-order valence-corrected chi connectivity index (χ3v) is 9.95. The fourth-order valence-corrected chi connectivity index (χ4v) is 6.71. The van der Waals surface area contributed by atoms with Gasteiger partial charge >= 0.3 is 0 Å². The molecule has 0 unspecified atom stereocenters. The van der Waals surface area contributed by atoms with Crippen LogP contribution in [0.3, 0.4) is 0 Å². The maximum absolute atomic E-state index is 13.7. The zero-order valence-corrected chi connectivity index (χ0v) is 25.6. The summed E-state index contributed by atoms with van der Waals surface area (Å²) in [7, 11) is 0. The van der Waals surface area contributed by atoms with E-state index in [1.54, 1.807) is 23.1 Å². The topological polar surface area (TPSA) is 125 Å². The van der Waals surface area contributed by atoms with Gasteiger partial charge in [-0.2, -0.15) is 0 Å². The fourth-order valence-electron chi connectivity index (χ4n) is 6.60. The Labute approximate surface area is 258 Å². The summed E-state index contributed by atoms with van der Waals surface area (Å²) in [6, 6.07) is 11.2. The number of hydrogen-bond acceptors (Lipinski definition) is 5. The number of anilines is 1. The van der Waals surface area contributed by atoms with Crippen molar-refractivity contribution in [2.75, 3.05) is 25.0 Å². The van der Waals surface area contributed by atoms with E-state index in [9.17, 15) is 19.2 Å². The van der Waals surface area contributed by atoms with Gasteiger partial charge in [-0.05, 0) is 85.9 Å². The Bertz CT molecular complexity index is 1370. The summed E-state index contributed by atoms with van der Waals surface area (Å²) in [4.78, 5) is 57.0. The van der Waals surface area contributed by atoms with Crippen LogP contribution in [-0.2, 0) is 32.1 Å². The van der Waals surface area contributed by atoms with Gasteiger partial charge < -0.3 is 26.2 Å². The van der Waals surface area contributed by atoms with Gasteiger partial charge in [-0.25, -0.2) is 0 Å². The van der Waals surface area contributed by atoms with Crippen molar-refractivity contribution in [2.45, 2.75) is 83.3 Å². The number of carbonyl (C=O) groups is 4. The van der Waals surface area contributed by atoms with E-state index in [4.69, 9.17) is 17.3 Å². The van der Waals surface area contributed by atoms with Gasteiger partial charge in [0, 0.05) is 49.6 Å². The van der Waals surface area contributed by atoms with Gasteiger partial charge in [0.2, 0.25) is 23.6 Å². The first kappa shape index (κ1) is 31.0. The van der Waals surface area contributed by atoms with Crippen molar-refractivity contribution >= 4 is 40.9 Å². The molecule has 230 valence electrons. The molecule has 1 spiro atoms. The Balaban J connectivity index is 1.24. The average molecular weight is 608 g/mol. The summed E-state index contributed by atoms with van der Waals surface area (Å²) in [5, 5.41) is 6.29. The number of amides is 4. The lowest BCUT2D eigenvalue weighted by atomic mass is 9.63.